The summed E-state index contributed by atoms with van der Waals surface area (Å²) in [6, 6.07) is -0.587. The van der Waals surface area contributed by atoms with Crippen LogP contribution in [-0.4, -0.2) is 43.0 Å². The maximum atomic E-state index is 11.5. The minimum atomic E-state index is -0.315. The second-order valence-electron chi connectivity index (χ2n) is 3.00. The van der Waals surface area contributed by atoms with Gasteiger partial charge in [-0.25, -0.2) is 4.79 Å². The van der Waals surface area contributed by atoms with E-state index in [0.717, 1.165) is 0 Å². The van der Waals surface area contributed by atoms with Crippen molar-refractivity contribution in [2.24, 2.45) is 0 Å². The van der Waals surface area contributed by atoms with Crippen LogP contribution in [0.25, 0.3) is 0 Å². The van der Waals surface area contributed by atoms with Crippen LogP contribution in [-0.2, 0) is 4.79 Å². The van der Waals surface area contributed by atoms with Gasteiger partial charge in [0.25, 0.3) is 5.91 Å². The third kappa shape index (κ3) is 1.98. The van der Waals surface area contributed by atoms with Crippen molar-refractivity contribution in [1.29, 1.82) is 0 Å². The molecule has 0 aromatic heterocycles. The Morgan fingerprint density at radius 1 is 1.54 bits per heavy atom. The van der Waals surface area contributed by atoms with Crippen LogP contribution in [0, 0.1) is 0 Å². The van der Waals surface area contributed by atoms with Crippen molar-refractivity contribution in [1.82, 2.24) is 15.5 Å². The molecule has 3 amide bonds. The molecule has 1 atom stereocenters. The number of imide groups is 1. The molecule has 1 saturated heterocycles. The largest absolute Gasteiger partial charge is 0.326 e. The third-order valence-corrected chi connectivity index (χ3v) is 2.10. The highest BCUT2D eigenvalue weighted by atomic mass is 16.2. The Bertz CT molecular complexity index is 217. The average Bonchev–Trinajstić information content (AvgIpc) is 2.39. The molecule has 13 heavy (non-hydrogen) atoms. The molecule has 1 heterocycles. The van der Waals surface area contributed by atoms with E-state index in [1.54, 1.807) is 7.05 Å². The van der Waals surface area contributed by atoms with E-state index in [1.165, 1.54) is 4.90 Å². The van der Waals surface area contributed by atoms with Gasteiger partial charge in [-0.2, -0.15) is 0 Å². The summed E-state index contributed by atoms with van der Waals surface area (Å²) < 4.78 is 0. The lowest BCUT2D eigenvalue weighted by Crippen LogP contribution is -2.36. The zero-order valence-corrected chi connectivity index (χ0v) is 7.96. The highest BCUT2D eigenvalue weighted by Gasteiger charge is 2.35. The number of hydrogen-bond acceptors (Lipinski definition) is 3. The first-order valence-corrected chi connectivity index (χ1v) is 4.47. The number of amides is 3. The van der Waals surface area contributed by atoms with Crippen molar-refractivity contribution < 1.29 is 9.59 Å². The first-order chi connectivity index (χ1) is 6.20. The fourth-order valence-electron chi connectivity index (χ4n) is 1.29. The molecule has 74 valence electrons. The maximum absolute atomic E-state index is 11.5. The SMILES string of the molecule is CCC1NC(=O)N(CCNC)C1=O. The summed E-state index contributed by atoms with van der Waals surface area (Å²) >= 11 is 0. The van der Waals surface area contributed by atoms with Crippen LogP contribution < -0.4 is 10.6 Å². The maximum Gasteiger partial charge on any atom is 0.324 e. The third-order valence-electron chi connectivity index (χ3n) is 2.10. The van der Waals surface area contributed by atoms with Crippen LogP contribution in [0.4, 0.5) is 4.79 Å². The summed E-state index contributed by atoms with van der Waals surface area (Å²) in [7, 11) is 1.79. The molecule has 0 aromatic carbocycles. The molecule has 2 N–H and O–H groups in total. The van der Waals surface area contributed by atoms with Crippen molar-refractivity contribution >= 4 is 11.9 Å². The van der Waals surface area contributed by atoms with Crippen molar-refractivity contribution in [3.05, 3.63) is 0 Å². The second-order valence-corrected chi connectivity index (χ2v) is 3.00. The highest BCUT2D eigenvalue weighted by Crippen LogP contribution is 2.07. The molecule has 5 heteroatoms. The van der Waals surface area contributed by atoms with Gasteiger partial charge < -0.3 is 10.6 Å². The number of carbonyl (C=O) groups is 2. The molecule has 1 fully saturated rings. The van der Waals surface area contributed by atoms with Crippen molar-refractivity contribution in [2.45, 2.75) is 19.4 Å². The molecule has 0 bridgehead atoms. The van der Waals surface area contributed by atoms with Crippen LogP contribution >= 0.6 is 0 Å². The summed E-state index contributed by atoms with van der Waals surface area (Å²) in [6.45, 7) is 2.96. The van der Waals surface area contributed by atoms with E-state index in [0.29, 0.717) is 19.5 Å². The van der Waals surface area contributed by atoms with Gasteiger partial charge in [-0.15, -0.1) is 0 Å². The van der Waals surface area contributed by atoms with Crippen LogP contribution in [0.1, 0.15) is 13.3 Å². The van der Waals surface area contributed by atoms with Gasteiger partial charge in [-0.1, -0.05) is 6.92 Å². The first-order valence-electron chi connectivity index (χ1n) is 4.47. The van der Waals surface area contributed by atoms with Crippen molar-refractivity contribution in [3.8, 4) is 0 Å². The Morgan fingerprint density at radius 2 is 2.23 bits per heavy atom. The Morgan fingerprint density at radius 3 is 2.69 bits per heavy atom. The Kier molecular flexibility index (Phi) is 3.25. The molecule has 1 aliphatic rings. The van der Waals surface area contributed by atoms with Gasteiger partial charge in [0.2, 0.25) is 0 Å². The van der Waals surface area contributed by atoms with E-state index in [1.807, 2.05) is 6.92 Å². The number of likely N-dealkylation sites (N-methyl/N-ethyl adjacent to an activating group) is 1. The van der Waals surface area contributed by atoms with E-state index in [2.05, 4.69) is 10.6 Å². The van der Waals surface area contributed by atoms with Crippen molar-refractivity contribution in [2.75, 3.05) is 20.1 Å². The zero-order chi connectivity index (χ0) is 9.84. The standard InChI is InChI=1S/C8H15N3O2/c1-3-6-7(12)11(5-4-9-2)8(13)10-6/h6,9H,3-5H2,1-2H3,(H,10,13). The molecule has 0 aromatic rings. The number of hydrogen-bond donors (Lipinski definition) is 2. The molecule has 1 rings (SSSR count). The smallest absolute Gasteiger partial charge is 0.324 e. The lowest BCUT2D eigenvalue weighted by molar-refractivity contribution is -0.127. The monoisotopic (exact) mass is 185 g/mol. The summed E-state index contributed by atoms with van der Waals surface area (Å²) in [6.07, 6.45) is 0.653. The molecule has 5 nitrogen and oxygen atoms in total. The molecule has 1 unspecified atom stereocenters. The Labute approximate surface area is 77.5 Å². The van der Waals surface area contributed by atoms with Gasteiger partial charge in [0.05, 0.1) is 0 Å². The highest BCUT2D eigenvalue weighted by molar-refractivity contribution is 6.04. The lowest BCUT2D eigenvalue weighted by Gasteiger charge is -2.11. The van der Waals surface area contributed by atoms with Crippen LogP contribution in [0.5, 0.6) is 0 Å². The van der Waals surface area contributed by atoms with E-state index in [4.69, 9.17) is 0 Å². The molecular formula is C8H15N3O2. The minimum Gasteiger partial charge on any atom is -0.326 e. The van der Waals surface area contributed by atoms with Gasteiger partial charge in [0, 0.05) is 13.1 Å². The average molecular weight is 185 g/mol. The van der Waals surface area contributed by atoms with Gasteiger partial charge >= 0.3 is 6.03 Å². The van der Waals surface area contributed by atoms with E-state index >= 15 is 0 Å². The van der Waals surface area contributed by atoms with Gasteiger partial charge in [0.15, 0.2) is 0 Å². The van der Waals surface area contributed by atoms with E-state index in [-0.39, 0.29) is 18.0 Å². The quantitative estimate of drug-likeness (QED) is 0.582. The molecule has 0 spiro atoms. The number of nitrogens with one attached hydrogen (secondary N) is 2. The van der Waals surface area contributed by atoms with Gasteiger partial charge in [-0.05, 0) is 13.5 Å². The summed E-state index contributed by atoms with van der Waals surface area (Å²) in [5, 5.41) is 5.52. The fourth-order valence-corrected chi connectivity index (χ4v) is 1.29. The summed E-state index contributed by atoms with van der Waals surface area (Å²) in [4.78, 5) is 23.9. The van der Waals surface area contributed by atoms with E-state index < -0.39 is 0 Å². The number of rotatable bonds is 4. The lowest BCUT2D eigenvalue weighted by atomic mass is 10.2. The molecule has 0 radical (unpaired) electrons. The molecule has 0 aliphatic carbocycles. The second kappa shape index (κ2) is 4.23. The van der Waals surface area contributed by atoms with Crippen LogP contribution in [0.15, 0.2) is 0 Å². The topological polar surface area (TPSA) is 61.4 Å². The number of carbonyl (C=O) groups excluding carboxylic acids is 2. The van der Waals surface area contributed by atoms with Gasteiger partial charge in [-0.3, -0.25) is 9.69 Å². The fraction of sp³-hybridized carbons (Fsp3) is 0.750. The molecule has 1 aliphatic heterocycles. The van der Waals surface area contributed by atoms with Crippen LogP contribution in [0.2, 0.25) is 0 Å². The minimum absolute atomic E-state index is 0.109. The summed E-state index contributed by atoms with van der Waals surface area (Å²) in [5.74, 6) is -0.109. The molecule has 0 saturated carbocycles. The van der Waals surface area contributed by atoms with Crippen LogP contribution in [0.3, 0.4) is 0 Å². The Balaban J connectivity index is 2.54. The molecular weight excluding hydrogens is 170 g/mol. The number of urea groups is 1. The number of nitrogens with zero attached hydrogens (tertiary/aromatic N) is 1. The van der Waals surface area contributed by atoms with Crippen molar-refractivity contribution in [3.63, 3.8) is 0 Å². The first kappa shape index (κ1) is 9.98. The summed E-state index contributed by atoms with van der Waals surface area (Å²) in [5.41, 5.74) is 0. The predicted molar refractivity (Wildman–Crippen MR) is 48.3 cm³/mol. The van der Waals surface area contributed by atoms with Gasteiger partial charge in [0.1, 0.15) is 6.04 Å². The Hall–Kier alpha value is -1.10. The zero-order valence-electron chi connectivity index (χ0n) is 7.96. The predicted octanol–water partition coefficient (Wildman–Crippen LogP) is -0.464. The normalized spacial score (nSPS) is 22.3. The van der Waals surface area contributed by atoms with E-state index in [9.17, 15) is 9.59 Å².